The molecule has 1 N–H and O–H groups in total. The molecule has 0 atom stereocenters. The Hall–Kier alpha value is -2.01. The van der Waals surface area contributed by atoms with Crippen molar-refractivity contribution in [2.45, 2.75) is 6.92 Å². The Labute approximate surface area is 130 Å². The molecule has 1 heterocycles. The third-order valence-electron chi connectivity index (χ3n) is 3.10. The summed E-state index contributed by atoms with van der Waals surface area (Å²) in [5, 5.41) is 4.21. The van der Waals surface area contributed by atoms with Gasteiger partial charge in [-0.3, -0.25) is 0 Å². The van der Waals surface area contributed by atoms with Crippen LogP contribution in [0.25, 0.3) is 22.3 Å². The van der Waals surface area contributed by atoms with E-state index in [1.54, 1.807) is 12.1 Å². The zero-order chi connectivity index (χ0) is 14.8. The fourth-order valence-corrected chi connectivity index (χ4v) is 2.49. The lowest BCUT2D eigenvalue weighted by Crippen LogP contribution is -2.03. The summed E-state index contributed by atoms with van der Waals surface area (Å²) in [7, 11) is 0. The number of aromatic nitrogens is 2. The second kappa shape index (κ2) is 5.77. The third-order valence-corrected chi connectivity index (χ3v) is 3.60. The van der Waals surface area contributed by atoms with Crippen LogP contribution in [0.3, 0.4) is 0 Å². The van der Waals surface area contributed by atoms with Gasteiger partial charge in [-0.1, -0.05) is 15.9 Å². The van der Waals surface area contributed by atoms with Crippen LogP contribution in [-0.2, 0) is 0 Å². The van der Waals surface area contributed by atoms with Crippen LogP contribution in [0.5, 0.6) is 0 Å². The Morgan fingerprint density at radius 2 is 1.86 bits per heavy atom. The summed E-state index contributed by atoms with van der Waals surface area (Å²) < 4.78 is 14.0. The number of halogens is 2. The number of rotatable bonds is 3. The first-order chi connectivity index (χ1) is 10.2. The van der Waals surface area contributed by atoms with Crippen molar-refractivity contribution in [3.63, 3.8) is 0 Å². The van der Waals surface area contributed by atoms with Crippen LogP contribution in [0, 0.1) is 5.82 Å². The van der Waals surface area contributed by atoms with E-state index in [0.717, 1.165) is 33.3 Å². The van der Waals surface area contributed by atoms with Gasteiger partial charge in [0, 0.05) is 22.0 Å². The van der Waals surface area contributed by atoms with Crippen LogP contribution in [0.2, 0.25) is 0 Å². The Morgan fingerprint density at radius 1 is 1.10 bits per heavy atom. The molecule has 21 heavy (non-hydrogen) atoms. The Kier molecular flexibility index (Phi) is 3.84. The maximum absolute atomic E-state index is 13.0. The van der Waals surface area contributed by atoms with Gasteiger partial charge < -0.3 is 5.32 Å². The molecular formula is C16H13BrFN3. The molecule has 2 aromatic carbocycles. The Morgan fingerprint density at radius 3 is 2.57 bits per heavy atom. The Bertz CT molecular complexity index is 787. The highest BCUT2D eigenvalue weighted by molar-refractivity contribution is 9.10. The van der Waals surface area contributed by atoms with Crippen molar-refractivity contribution in [3.05, 3.63) is 52.8 Å². The summed E-state index contributed by atoms with van der Waals surface area (Å²) in [6, 6.07) is 12.1. The van der Waals surface area contributed by atoms with Gasteiger partial charge in [0.05, 0.1) is 5.52 Å². The molecule has 0 aliphatic heterocycles. The SMILES string of the molecule is CCNc1nc(-c2ccc(F)cc2)nc2ccc(Br)cc12. The van der Waals surface area contributed by atoms with Crippen molar-refractivity contribution in [1.29, 1.82) is 0 Å². The number of benzene rings is 2. The van der Waals surface area contributed by atoms with Gasteiger partial charge in [-0.05, 0) is 49.4 Å². The van der Waals surface area contributed by atoms with Crippen molar-refractivity contribution in [3.8, 4) is 11.4 Å². The molecule has 1 aromatic heterocycles. The minimum atomic E-state index is -0.268. The highest BCUT2D eigenvalue weighted by Gasteiger charge is 2.09. The lowest BCUT2D eigenvalue weighted by Gasteiger charge is -2.10. The van der Waals surface area contributed by atoms with E-state index in [1.165, 1.54) is 12.1 Å². The van der Waals surface area contributed by atoms with E-state index in [-0.39, 0.29) is 5.82 Å². The van der Waals surface area contributed by atoms with Crippen LogP contribution in [0.1, 0.15) is 6.92 Å². The second-order valence-corrected chi connectivity index (χ2v) is 5.51. The average Bonchev–Trinajstić information content (AvgIpc) is 2.48. The van der Waals surface area contributed by atoms with Crippen molar-refractivity contribution in [2.24, 2.45) is 0 Å². The largest absolute Gasteiger partial charge is 0.370 e. The van der Waals surface area contributed by atoms with Crippen molar-refractivity contribution in [1.82, 2.24) is 9.97 Å². The van der Waals surface area contributed by atoms with Gasteiger partial charge >= 0.3 is 0 Å². The lowest BCUT2D eigenvalue weighted by atomic mass is 10.2. The third kappa shape index (κ3) is 2.88. The molecule has 3 rings (SSSR count). The van der Waals surface area contributed by atoms with Gasteiger partial charge in [-0.25, -0.2) is 14.4 Å². The lowest BCUT2D eigenvalue weighted by molar-refractivity contribution is 0.628. The minimum absolute atomic E-state index is 0.268. The van der Waals surface area contributed by atoms with E-state index < -0.39 is 0 Å². The van der Waals surface area contributed by atoms with E-state index in [9.17, 15) is 4.39 Å². The summed E-state index contributed by atoms with van der Waals surface area (Å²) in [5.41, 5.74) is 1.64. The molecule has 3 aromatic rings. The topological polar surface area (TPSA) is 37.8 Å². The molecular weight excluding hydrogens is 333 g/mol. The molecule has 0 amide bonds. The summed E-state index contributed by atoms with van der Waals surface area (Å²) in [5.74, 6) is 1.10. The molecule has 106 valence electrons. The summed E-state index contributed by atoms with van der Waals surface area (Å²) in [6.45, 7) is 2.78. The molecule has 0 radical (unpaired) electrons. The molecule has 0 aliphatic carbocycles. The van der Waals surface area contributed by atoms with Gasteiger partial charge in [-0.15, -0.1) is 0 Å². The standard InChI is InChI=1S/C16H13BrFN3/c1-2-19-16-13-9-11(17)5-8-14(13)20-15(21-16)10-3-6-12(18)7-4-10/h3-9H,2H2,1H3,(H,19,20,21). The van der Waals surface area contributed by atoms with E-state index in [2.05, 4.69) is 31.2 Å². The molecule has 0 spiro atoms. The molecule has 0 unspecified atom stereocenters. The summed E-state index contributed by atoms with van der Waals surface area (Å²) in [6.07, 6.45) is 0. The molecule has 0 fully saturated rings. The van der Waals surface area contributed by atoms with Crippen molar-refractivity contribution in [2.75, 3.05) is 11.9 Å². The molecule has 0 saturated heterocycles. The van der Waals surface area contributed by atoms with Crippen LogP contribution >= 0.6 is 15.9 Å². The quantitative estimate of drug-likeness (QED) is 0.751. The van der Waals surface area contributed by atoms with E-state index in [1.807, 2.05) is 25.1 Å². The van der Waals surface area contributed by atoms with Crippen LogP contribution in [0.4, 0.5) is 10.2 Å². The second-order valence-electron chi connectivity index (χ2n) is 4.59. The smallest absolute Gasteiger partial charge is 0.162 e. The number of anilines is 1. The van der Waals surface area contributed by atoms with Gasteiger partial charge in [0.25, 0.3) is 0 Å². The fraction of sp³-hybridized carbons (Fsp3) is 0.125. The minimum Gasteiger partial charge on any atom is -0.370 e. The monoisotopic (exact) mass is 345 g/mol. The first kappa shape index (κ1) is 13.9. The van der Waals surface area contributed by atoms with E-state index >= 15 is 0 Å². The summed E-state index contributed by atoms with van der Waals surface area (Å²) in [4.78, 5) is 9.13. The number of fused-ring (bicyclic) bond motifs is 1. The van der Waals surface area contributed by atoms with Gasteiger partial charge in [0.1, 0.15) is 11.6 Å². The molecule has 0 bridgehead atoms. The number of hydrogen-bond acceptors (Lipinski definition) is 3. The normalized spacial score (nSPS) is 10.8. The molecule has 5 heteroatoms. The van der Waals surface area contributed by atoms with Crippen molar-refractivity contribution < 1.29 is 4.39 Å². The van der Waals surface area contributed by atoms with Crippen LogP contribution in [0.15, 0.2) is 46.9 Å². The molecule has 3 nitrogen and oxygen atoms in total. The first-order valence-electron chi connectivity index (χ1n) is 6.64. The number of nitrogens with one attached hydrogen (secondary N) is 1. The van der Waals surface area contributed by atoms with Gasteiger partial charge in [0.2, 0.25) is 0 Å². The van der Waals surface area contributed by atoms with E-state index in [4.69, 9.17) is 0 Å². The first-order valence-corrected chi connectivity index (χ1v) is 7.44. The zero-order valence-corrected chi connectivity index (χ0v) is 13.0. The predicted octanol–water partition coefficient (Wildman–Crippen LogP) is 4.63. The van der Waals surface area contributed by atoms with Gasteiger partial charge in [-0.2, -0.15) is 0 Å². The summed E-state index contributed by atoms with van der Waals surface area (Å²) >= 11 is 3.46. The number of hydrogen-bond donors (Lipinski definition) is 1. The number of nitrogens with zero attached hydrogens (tertiary/aromatic N) is 2. The predicted molar refractivity (Wildman–Crippen MR) is 86.8 cm³/mol. The zero-order valence-electron chi connectivity index (χ0n) is 11.4. The highest BCUT2D eigenvalue weighted by atomic mass is 79.9. The maximum Gasteiger partial charge on any atom is 0.162 e. The fourth-order valence-electron chi connectivity index (χ4n) is 2.13. The molecule has 0 aliphatic rings. The highest BCUT2D eigenvalue weighted by Crippen LogP contribution is 2.27. The van der Waals surface area contributed by atoms with Crippen molar-refractivity contribution >= 4 is 32.7 Å². The Balaban J connectivity index is 2.20. The van der Waals surface area contributed by atoms with Crippen LogP contribution < -0.4 is 5.32 Å². The molecule has 0 saturated carbocycles. The van der Waals surface area contributed by atoms with Gasteiger partial charge in [0.15, 0.2) is 5.82 Å². The maximum atomic E-state index is 13.0. The van der Waals surface area contributed by atoms with Crippen LogP contribution in [-0.4, -0.2) is 16.5 Å². The van der Waals surface area contributed by atoms with E-state index in [0.29, 0.717) is 5.82 Å². The average molecular weight is 346 g/mol.